The largest absolute Gasteiger partial charge is 0.496 e. The van der Waals surface area contributed by atoms with Crippen molar-refractivity contribution in [2.45, 2.75) is 12.8 Å². The fourth-order valence-corrected chi connectivity index (χ4v) is 5.91. The molecule has 0 radical (unpaired) electrons. The van der Waals surface area contributed by atoms with Gasteiger partial charge in [0.25, 0.3) is 0 Å². The summed E-state index contributed by atoms with van der Waals surface area (Å²) in [4.78, 5) is 23.1. The van der Waals surface area contributed by atoms with E-state index in [9.17, 15) is 9.59 Å². The highest BCUT2D eigenvalue weighted by Gasteiger charge is 2.09. The number of carbonyl (C=O) groups is 2. The van der Waals surface area contributed by atoms with E-state index in [-0.39, 0.29) is 11.6 Å². The maximum Gasteiger partial charge on any atom is 0.160 e. The van der Waals surface area contributed by atoms with Crippen LogP contribution in [-0.4, -0.2) is 18.7 Å². The molecule has 2 aliphatic rings. The third kappa shape index (κ3) is 4.17. The van der Waals surface area contributed by atoms with Crippen molar-refractivity contribution in [3.63, 3.8) is 0 Å². The maximum absolute atomic E-state index is 11.6. The number of carbonyl (C=O) groups excluding carboxylic acids is 2. The number of hydrogen-bond donors (Lipinski definition) is 0. The molecule has 40 heavy (non-hydrogen) atoms. The van der Waals surface area contributed by atoms with Crippen LogP contribution in [-0.2, 0) is 9.59 Å². The summed E-state index contributed by atoms with van der Waals surface area (Å²) in [6.07, 6.45) is 8.53. The van der Waals surface area contributed by atoms with Crippen molar-refractivity contribution >= 4 is 79.0 Å². The summed E-state index contributed by atoms with van der Waals surface area (Å²) in [6, 6.07) is 31.5. The second-order valence-electron chi connectivity index (χ2n) is 10.4. The van der Waals surface area contributed by atoms with E-state index in [2.05, 4.69) is 78.9 Å². The van der Waals surface area contributed by atoms with E-state index in [0.29, 0.717) is 12.8 Å². The number of hydrogen-bond acceptors (Lipinski definition) is 3. The van der Waals surface area contributed by atoms with E-state index in [1.807, 2.05) is 24.3 Å². The van der Waals surface area contributed by atoms with Crippen LogP contribution in [0.15, 0.2) is 91.0 Å². The second kappa shape index (κ2) is 9.62. The Morgan fingerprint density at radius 3 is 1.80 bits per heavy atom. The van der Waals surface area contributed by atoms with Gasteiger partial charge in [0.2, 0.25) is 0 Å². The Labute approximate surface area is 230 Å². The monoisotopic (exact) mass is 518 g/mol. The van der Waals surface area contributed by atoms with Crippen LogP contribution in [0.5, 0.6) is 5.75 Å². The topological polar surface area (TPSA) is 43.4 Å². The van der Waals surface area contributed by atoms with Gasteiger partial charge in [0.1, 0.15) is 5.75 Å². The molecule has 0 bridgehead atoms. The van der Waals surface area contributed by atoms with E-state index in [1.54, 1.807) is 19.3 Å². The standard InChI is InChI=1S/C19H14O2.C18H12O/c1-21-18-4-2-3-12-5-6-14-9-15-10-16(20)8-7-13(15)11-17(14)19(12)18;19-16-8-7-13-11-18-14(9-15(13)10-16)6-5-12-3-1-2-4-17(12)18/h2-7,9-11H,8H2,1H3;1-7,9-11H,8H2. The molecule has 0 fully saturated rings. The number of methoxy groups -OCH3 is 1. The van der Waals surface area contributed by atoms with Crippen molar-refractivity contribution in [3.8, 4) is 5.75 Å². The molecular formula is C37H26O3. The molecule has 192 valence electrons. The fraction of sp³-hybridized carbons (Fsp3) is 0.0811. The molecule has 3 heteroatoms. The summed E-state index contributed by atoms with van der Waals surface area (Å²) in [6.45, 7) is 0. The van der Waals surface area contributed by atoms with Crippen LogP contribution in [0.3, 0.4) is 0 Å². The molecule has 6 aromatic rings. The SMILES string of the molecule is COc1cccc2ccc3cc4c(cc3c12)=CCC(=O)C=4.O=C1C=c2cc3ccc4ccccc4c3cc2=CC1. The van der Waals surface area contributed by atoms with Crippen LogP contribution in [0.4, 0.5) is 0 Å². The van der Waals surface area contributed by atoms with Crippen LogP contribution in [0.25, 0.3) is 67.4 Å². The zero-order chi connectivity index (χ0) is 27.2. The van der Waals surface area contributed by atoms with Crippen molar-refractivity contribution in [2.24, 2.45) is 0 Å². The first-order valence-corrected chi connectivity index (χ1v) is 13.5. The number of fused-ring (bicyclic) bond motifs is 8. The Bertz CT molecular complexity index is 2290. The summed E-state index contributed by atoms with van der Waals surface area (Å²) >= 11 is 0. The number of Topliss-reactive ketones (excluding diaryl/α,β-unsaturated/α-hetero) is 2. The van der Waals surface area contributed by atoms with Gasteiger partial charge < -0.3 is 4.74 Å². The lowest BCUT2D eigenvalue weighted by molar-refractivity contribution is -0.113. The predicted molar refractivity (Wildman–Crippen MR) is 165 cm³/mol. The maximum atomic E-state index is 11.6. The smallest absolute Gasteiger partial charge is 0.160 e. The molecule has 0 saturated heterocycles. The van der Waals surface area contributed by atoms with Crippen LogP contribution in [0.2, 0.25) is 0 Å². The Kier molecular flexibility index (Phi) is 5.78. The first-order valence-electron chi connectivity index (χ1n) is 13.5. The van der Waals surface area contributed by atoms with Crippen molar-refractivity contribution in [2.75, 3.05) is 7.11 Å². The summed E-state index contributed by atoms with van der Waals surface area (Å²) in [5.74, 6) is 1.24. The van der Waals surface area contributed by atoms with Gasteiger partial charge in [-0.15, -0.1) is 0 Å². The average molecular weight is 519 g/mol. The molecule has 0 aromatic heterocycles. The first kappa shape index (κ1) is 24.1. The van der Waals surface area contributed by atoms with Gasteiger partial charge in [0, 0.05) is 18.2 Å². The molecule has 0 heterocycles. The summed E-state index contributed by atoms with van der Waals surface area (Å²) in [5, 5.41) is 13.9. The van der Waals surface area contributed by atoms with Gasteiger partial charge in [-0.05, 0) is 101 Å². The fourth-order valence-electron chi connectivity index (χ4n) is 5.91. The van der Waals surface area contributed by atoms with Gasteiger partial charge in [-0.1, -0.05) is 72.8 Å². The van der Waals surface area contributed by atoms with Gasteiger partial charge in [0.05, 0.1) is 7.11 Å². The highest BCUT2D eigenvalue weighted by Crippen LogP contribution is 2.31. The third-order valence-corrected chi connectivity index (χ3v) is 7.87. The molecule has 0 unspecified atom stereocenters. The van der Waals surface area contributed by atoms with E-state index >= 15 is 0 Å². The molecule has 2 aliphatic carbocycles. The van der Waals surface area contributed by atoms with Crippen molar-refractivity contribution < 1.29 is 14.3 Å². The molecule has 6 aromatic carbocycles. The zero-order valence-corrected chi connectivity index (χ0v) is 22.1. The third-order valence-electron chi connectivity index (χ3n) is 7.87. The predicted octanol–water partition coefficient (Wildman–Crippen LogP) is 5.06. The Morgan fingerprint density at radius 1 is 0.525 bits per heavy atom. The number of rotatable bonds is 1. The Morgan fingerprint density at radius 2 is 1.10 bits per heavy atom. The summed E-state index contributed by atoms with van der Waals surface area (Å²) in [7, 11) is 1.70. The Balaban J connectivity index is 0.000000133. The number of benzene rings is 6. The van der Waals surface area contributed by atoms with Crippen LogP contribution >= 0.6 is 0 Å². The van der Waals surface area contributed by atoms with Gasteiger partial charge in [-0.2, -0.15) is 0 Å². The van der Waals surface area contributed by atoms with Crippen LogP contribution < -0.4 is 25.6 Å². The van der Waals surface area contributed by atoms with E-state index in [1.165, 1.54) is 32.1 Å². The van der Waals surface area contributed by atoms with Crippen molar-refractivity contribution in [1.29, 1.82) is 0 Å². The van der Waals surface area contributed by atoms with Gasteiger partial charge >= 0.3 is 0 Å². The lowest BCUT2D eigenvalue weighted by atomic mass is 9.97. The summed E-state index contributed by atoms with van der Waals surface area (Å²) < 4.78 is 5.52. The van der Waals surface area contributed by atoms with Crippen LogP contribution in [0, 0.1) is 0 Å². The highest BCUT2D eigenvalue weighted by atomic mass is 16.5. The van der Waals surface area contributed by atoms with Crippen LogP contribution in [0.1, 0.15) is 12.8 Å². The van der Waals surface area contributed by atoms with E-state index in [0.717, 1.165) is 37.6 Å². The molecule has 0 saturated carbocycles. The quantitative estimate of drug-likeness (QED) is 0.286. The highest BCUT2D eigenvalue weighted by molar-refractivity contribution is 6.13. The normalized spacial score (nSPS) is 13.8. The zero-order valence-electron chi connectivity index (χ0n) is 22.1. The Hall–Kier alpha value is -5.02. The minimum Gasteiger partial charge on any atom is -0.496 e. The molecule has 0 atom stereocenters. The van der Waals surface area contributed by atoms with Crippen molar-refractivity contribution in [3.05, 3.63) is 112 Å². The van der Waals surface area contributed by atoms with E-state index < -0.39 is 0 Å². The molecule has 8 rings (SSSR count). The second-order valence-corrected chi connectivity index (χ2v) is 10.4. The molecule has 0 amide bonds. The lowest BCUT2D eigenvalue weighted by Crippen LogP contribution is -2.28. The minimum atomic E-state index is 0.167. The van der Waals surface area contributed by atoms with Gasteiger partial charge in [0.15, 0.2) is 11.6 Å². The van der Waals surface area contributed by atoms with Gasteiger partial charge in [-0.3, -0.25) is 9.59 Å². The number of ether oxygens (including phenoxy) is 1. The summed E-state index contributed by atoms with van der Waals surface area (Å²) in [5.41, 5.74) is 0. The van der Waals surface area contributed by atoms with E-state index in [4.69, 9.17) is 4.74 Å². The first-order chi connectivity index (χ1) is 19.6. The molecule has 0 aliphatic heterocycles. The molecule has 0 N–H and O–H groups in total. The van der Waals surface area contributed by atoms with Gasteiger partial charge in [-0.25, -0.2) is 0 Å². The molecule has 0 spiro atoms. The lowest BCUT2D eigenvalue weighted by Gasteiger charge is -2.10. The minimum absolute atomic E-state index is 0.167. The average Bonchev–Trinajstić information content (AvgIpc) is 2.99. The molecule has 3 nitrogen and oxygen atoms in total. The molecular weight excluding hydrogens is 492 g/mol. The number of ketones is 2. The van der Waals surface area contributed by atoms with Crippen molar-refractivity contribution in [1.82, 2.24) is 0 Å².